The standard InChI is InChI=1S/C18H16N4O4/c1-11-8-13(22(24)25)6-7-15(11)19-18(23)17-10-16(20-21-17)12-4-3-5-14(9-12)26-2/h3-10H,1-2H3,(H,19,23)(H,20,21). The zero-order valence-corrected chi connectivity index (χ0v) is 14.1. The van der Waals surface area contributed by atoms with Crippen LogP contribution in [-0.4, -0.2) is 28.1 Å². The average molecular weight is 352 g/mol. The number of amides is 1. The van der Waals surface area contributed by atoms with Gasteiger partial charge in [0.2, 0.25) is 0 Å². The highest BCUT2D eigenvalue weighted by molar-refractivity contribution is 6.03. The van der Waals surface area contributed by atoms with Gasteiger partial charge in [0.1, 0.15) is 11.4 Å². The van der Waals surface area contributed by atoms with Crippen molar-refractivity contribution in [3.8, 4) is 17.0 Å². The SMILES string of the molecule is COc1cccc(-c2cc(C(=O)Nc3ccc([N+](=O)[O-])cc3C)[nH]n2)c1. The highest BCUT2D eigenvalue weighted by Crippen LogP contribution is 2.24. The lowest BCUT2D eigenvalue weighted by atomic mass is 10.1. The number of H-pyrrole nitrogens is 1. The molecule has 2 aromatic carbocycles. The maximum absolute atomic E-state index is 12.4. The van der Waals surface area contributed by atoms with Gasteiger partial charge in [0, 0.05) is 23.4 Å². The molecule has 3 rings (SSSR count). The largest absolute Gasteiger partial charge is 0.497 e. The van der Waals surface area contributed by atoms with Crippen molar-refractivity contribution >= 4 is 17.3 Å². The summed E-state index contributed by atoms with van der Waals surface area (Å²) >= 11 is 0. The van der Waals surface area contributed by atoms with Crippen LogP contribution in [0.15, 0.2) is 48.5 Å². The summed E-state index contributed by atoms with van der Waals surface area (Å²) in [5, 5.41) is 20.4. The van der Waals surface area contributed by atoms with Crippen LogP contribution in [0.4, 0.5) is 11.4 Å². The number of ether oxygens (including phenoxy) is 1. The van der Waals surface area contributed by atoms with Crippen molar-refractivity contribution in [1.82, 2.24) is 10.2 Å². The van der Waals surface area contributed by atoms with E-state index in [0.717, 1.165) is 5.56 Å². The molecule has 0 aliphatic rings. The van der Waals surface area contributed by atoms with E-state index in [1.54, 1.807) is 20.1 Å². The third-order valence-electron chi connectivity index (χ3n) is 3.86. The Morgan fingerprint density at radius 2 is 2.04 bits per heavy atom. The van der Waals surface area contributed by atoms with Crippen molar-refractivity contribution in [3.63, 3.8) is 0 Å². The minimum Gasteiger partial charge on any atom is -0.497 e. The number of nitro groups is 1. The fourth-order valence-corrected chi connectivity index (χ4v) is 2.46. The Kier molecular flexibility index (Phi) is 4.66. The number of rotatable bonds is 5. The molecule has 132 valence electrons. The van der Waals surface area contributed by atoms with Gasteiger partial charge in [-0.2, -0.15) is 5.10 Å². The minimum atomic E-state index is -0.478. The number of anilines is 1. The summed E-state index contributed by atoms with van der Waals surface area (Å²) in [7, 11) is 1.58. The first kappa shape index (κ1) is 17.2. The maximum Gasteiger partial charge on any atom is 0.273 e. The molecular formula is C18H16N4O4. The molecule has 0 saturated carbocycles. The van der Waals surface area contributed by atoms with Crippen LogP contribution in [0.5, 0.6) is 5.75 Å². The van der Waals surface area contributed by atoms with Crippen LogP contribution < -0.4 is 10.1 Å². The molecule has 0 aliphatic carbocycles. The second kappa shape index (κ2) is 7.06. The number of nitrogens with zero attached hydrogens (tertiary/aromatic N) is 2. The van der Waals surface area contributed by atoms with Crippen molar-refractivity contribution in [1.29, 1.82) is 0 Å². The maximum atomic E-state index is 12.4. The highest BCUT2D eigenvalue weighted by atomic mass is 16.6. The molecule has 2 N–H and O–H groups in total. The summed E-state index contributed by atoms with van der Waals surface area (Å²) in [5.74, 6) is 0.307. The van der Waals surface area contributed by atoms with E-state index >= 15 is 0 Å². The number of methoxy groups -OCH3 is 1. The summed E-state index contributed by atoms with van der Waals surface area (Å²) in [5.41, 5.74) is 2.77. The fourth-order valence-electron chi connectivity index (χ4n) is 2.46. The summed E-state index contributed by atoms with van der Waals surface area (Å²) < 4.78 is 5.18. The normalized spacial score (nSPS) is 10.4. The van der Waals surface area contributed by atoms with Crippen LogP contribution in [0.25, 0.3) is 11.3 Å². The Bertz CT molecular complexity index is 981. The van der Waals surface area contributed by atoms with Gasteiger partial charge in [0.15, 0.2) is 0 Å². The molecule has 0 unspecified atom stereocenters. The van der Waals surface area contributed by atoms with E-state index < -0.39 is 4.92 Å². The molecule has 1 aromatic heterocycles. The summed E-state index contributed by atoms with van der Waals surface area (Å²) in [6.07, 6.45) is 0. The molecule has 1 amide bonds. The van der Waals surface area contributed by atoms with Crippen molar-refractivity contribution in [2.45, 2.75) is 6.92 Å². The Morgan fingerprint density at radius 1 is 1.23 bits per heavy atom. The Morgan fingerprint density at radius 3 is 2.73 bits per heavy atom. The molecule has 0 radical (unpaired) electrons. The minimum absolute atomic E-state index is 0.0256. The highest BCUT2D eigenvalue weighted by Gasteiger charge is 2.14. The van der Waals surface area contributed by atoms with Gasteiger partial charge in [-0.25, -0.2) is 0 Å². The van der Waals surface area contributed by atoms with Gasteiger partial charge in [-0.05, 0) is 36.8 Å². The van der Waals surface area contributed by atoms with Crippen LogP contribution >= 0.6 is 0 Å². The van der Waals surface area contributed by atoms with E-state index in [1.807, 2.05) is 24.3 Å². The van der Waals surface area contributed by atoms with Gasteiger partial charge in [0.05, 0.1) is 17.7 Å². The van der Waals surface area contributed by atoms with Gasteiger partial charge >= 0.3 is 0 Å². The van der Waals surface area contributed by atoms with Gasteiger partial charge in [-0.1, -0.05) is 12.1 Å². The third kappa shape index (κ3) is 3.54. The lowest BCUT2D eigenvalue weighted by Crippen LogP contribution is -2.13. The topological polar surface area (TPSA) is 110 Å². The zero-order chi connectivity index (χ0) is 18.7. The number of aromatic amines is 1. The summed E-state index contributed by atoms with van der Waals surface area (Å²) in [6, 6.07) is 13.2. The molecule has 8 heteroatoms. The molecule has 3 aromatic rings. The number of carbonyl (C=O) groups excluding carboxylic acids is 1. The molecule has 0 atom stereocenters. The lowest BCUT2D eigenvalue weighted by molar-refractivity contribution is -0.384. The first-order valence-corrected chi connectivity index (χ1v) is 7.74. The van der Waals surface area contributed by atoms with E-state index in [9.17, 15) is 14.9 Å². The van der Waals surface area contributed by atoms with Gasteiger partial charge in [0.25, 0.3) is 11.6 Å². The van der Waals surface area contributed by atoms with E-state index in [0.29, 0.717) is 22.7 Å². The van der Waals surface area contributed by atoms with E-state index in [2.05, 4.69) is 15.5 Å². The quantitative estimate of drug-likeness (QED) is 0.539. The third-order valence-corrected chi connectivity index (χ3v) is 3.86. The molecular weight excluding hydrogens is 336 g/mol. The second-order valence-electron chi connectivity index (χ2n) is 5.61. The molecule has 8 nitrogen and oxygen atoms in total. The van der Waals surface area contributed by atoms with Crippen molar-refractivity contribution < 1.29 is 14.5 Å². The van der Waals surface area contributed by atoms with Gasteiger partial charge in [-0.15, -0.1) is 0 Å². The number of aryl methyl sites for hydroxylation is 1. The summed E-state index contributed by atoms with van der Waals surface area (Å²) in [4.78, 5) is 22.7. The smallest absolute Gasteiger partial charge is 0.273 e. The van der Waals surface area contributed by atoms with Crippen LogP contribution in [-0.2, 0) is 0 Å². The fraction of sp³-hybridized carbons (Fsp3) is 0.111. The molecule has 0 spiro atoms. The van der Waals surface area contributed by atoms with Crippen LogP contribution in [0.1, 0.15) is 16.1 Å². The average Bonchev–Trinajstić information content (AvgIpc) is 3.13. The van der Waals surface area contributed by atoms with Crippen LogP contribution in [0, 0.1) is 17.0 Å². The predicted molar refractivity (Wildman–Crippen MR) is 96.4 cm³/mol. The Hall–Kier alpha value is -3.68. The number of non-ortho nitro benzene ring substituents is 1. The second-order valence-corrected chi connectivity index (χ2v) is 5.61. The molecule has 1 heterocycles. The number of carbonyl (C=O) groups is 1. The van der Waals surface area contributed by atoms with E-state index in [4.69, 9.17) is 4.74 Å². The van der Waals surface area contributed by atoms with Crippen molar-refractivity contribution in [3.05, 3.63) is 69.9 Å². The zero-order valence-electron chi connectivity index (χ0n) is 14.1. The molecule has 0 aliphatic heterocycles. The van der Waals surface area contributed by atoms with Crippen molar-refractivity contribution in [2.75, 3.05) is 12.4 Å². The number of nitro benzene ring substituents is 1. The van der Waals surface area contributed by atoms with Crippen molar-refractivity contribution in [2.24, 2.45) is 0 Å². The number of hydrogen-bond acceptors (Lipinski definition) is 5. The first-order chi connectivity index (χ1) is 12.5. The van der Waals surface area contributed by atoms with E-state index in [-0.39, 0.29) is 17.3 Å². The predicted octanol–water partition coefficient (Wildman–Crippen LogP) is 3.55. The lowest BCUT2D eigenvalue weighted by Gasteiger charge is -2.06. The molecule has 0 saturated heterocycles. The number of aromatic nitrogens is 2. The molecule has 26 heavy (non-hydrogen) atoms. The van der Waals surface area contributed by atoms with Gasteiger partial charge < -0.3 is 10.1 Å². The van der Waals surface area contributed by atoms with Crippen LogP contribution in [0.3, 0.4) is 0 Å². The Balaban J connectivity index is 1.79. The number of nitrogens with one attached hydrogen (secondary N) is 2. The first-order valence-electron chi connectivity index (χ1n) is 7.74. The van der Waals surface area contributed by atoms with Gasteiger partial charge in [-0.3, -0.25) is 20.0 Å². The Labute approximate surface area is 149 Å². The molecule has 0 fully saturated rings. The molecule has 0 bridgehead atoms. The number of benzene rings is 2. The number of hydrogen-bond donors (Lipinski definition) is 2. The van der Waals surface area contributed by atoms with Crippen LogP contribution in [0.2, 0.25) is 0 Å². The van der Waals surface area contributed by atoms with E-state index in [1.165, 1.54) is 18.2 Å². The monoisotopic (exact) mass is 352 g/mol. The summed E-state index contributed by atoms with van der Waals surface area (Å²) in [6.45, 7) is 1.69.